The van der Waals surface area contributed by atoms with Crippen molar-refractivity contribution in [1.82, 2.24) is 5.32 Å². The van der Waals surface area contributed by atoms with Crippen LogP contribution in [0.25, 0.3) is 0 Å². The van der Waals surface area contributed by atoms with Crippen LogP contribution in [-0.2, 0) is 4.79 Å². The smallest absolute Gasteiger partial charge is 0.316 e. The van der Waals surface area contributed by atoms with Crippen molar-refractivity contribution < 1.29 is 14.4 Å². The Labute approximate surface area is 186 Å². The molecule has 0 heterocycles. The molecule has 0 aliphatic heterocycles. The Balaban J connectivity index is 1.56. The van der Waals surface area contributed by atoms with Crippen LogP contribution in [-0.4, -0.2) is 30.1 Å². The minimum atomic E-state index is -0.674. The van der Waals surface area contributed by atoms with Crippen molar-refractivity contribution in [2.45, 2.75) is 37.0 Å². The van der Waals surface area contributed by atoms with E-state index in [1.165, 1.54) is 43.9 Å². The van der Waals surface area contributed by atoms with Gasteiger partial charge in [-0.1, -0.05) is 37.5 Å². The average molecular weight is 441 g/mol. The number of nitrogens with two attached hydrogens (primary N) is 1. The van der Waals surface area contributed by atoms with Gasteiger partial charge in [-0.3, -0.25) is 9.59 Å². The van der Waals surface area contributed by atoms with Crippen molar-refractivity contribution in [1.29, 1.82) is 0 Å². The van der Waals surface area contributed by atoms with Gasteiger partial charge in [0, 0.05) is 22.8 Å². The van der Waals surface area contributed by atoms with Gasteiger partial charge >= 0.3 is 6.03 Å². The van der Waals surface area contributed by atoms with Crippen LogP contribution in [0.1, 0.15) is 42.5 Å². The molecule has 8 heteroatoms. The Morgan fingerprint density at radius 1 is 0.935 bits per heavy atom. The fraction of sp³-hybridized carbons (Fsp3) is 0.348. The molecule has 3 rings (SSSR count). The number of hydrogen-bond donors (Lipinski definition) is 4. The zero-order chi connectivity index (χ0) is 22.1. The number of urea groups is 1. The topological polar surface area (TPSA) is 113 Å². The number of nitrogens with one attached hydrogen (secondary N) is 3. The zero-order valence-electron chi connectivity index (χ0n) is 17.4. The van der Waals surface area contributed by atoms with E-state index in [9.17, 15) is 14.4 Å². The Bertz CT molecular complexity index is 929. The molecule has 0 unspecified atom stereocenters. The second-order valence-electron chi connectivity index (χ2n) is 7.62. The van der Waals surface area contributed by atoms with Gasteiger partial charge in [-0.25, -0.2) is 4.79 Å². The fourth-order valence-electron chi connectivity index (χ4n) is 3.64. The maximum atomic E-state index is 12.8. The minimum Gasteiger partial charge on any atom is -0.355 e. The lowest BCUT2D eigenvalue weighted by Crippen LogP contribution is -2.31. The largest absolute Gasteiger partial charge is 0.355 e. The number of thioether (sulfide) groups is 1. The molecule has 164 valence electrons. The number of rotatable bonds is 8. The van der Waals surface area contributed by atoms with E-state index in [4.69, 9.17) is 5.73 Å². The first kappa shape index (κ1) is 22.7. The lowest BCUT2D eigenvalue weighted by Gasteiger charge is -2.21. The van der Waals surface area contributed by atoms with Crippen LogP contribution in [0.15, 0.2) is 53.4 Å². The quantitative estimate of drug-likeness (QED) is 0.460. The summed E-state index contributed by atoms with van der Waals surface area (Å²) in [4.78, 5) is 36.8. The number of amides is 4. The molecule has 0 spiro atoms. The standard InChI is InChI=1S/C23H28N4O3S/c24-23(30)27-18-10-6-9-17(13-18)26-22(29)19-11-4-5-12-20(19)31-15-21(28)25-14-16-7-2-1-3-8-16/h4-6,9-13,16H,1-3,7-8,14-15H2,(H,25,28)(H,26,29)(H3,24,27,30). The third kappa shape index (κ3) is 7.32. The van der Waals surface area contributed by atoms with Gasteiger partial charge < -0.3 is 21.7 Å². The second kappa shape index (κ2) is 11.4. The lowest BCUT2D eigenvalue weighted by atomic mass is 9.89. The summed E-state index contributed by atoms with van der Waals surface area (Å²) in [6.45, 7) is 0.733. The van der Waals surface area contributed by atoms with E-state index in [1.54, 1.807) is 36.4 Å². The molecule has 7 nitrogen and oxygen atoms in total. The summed E-state index contributed by atoms with van der Waals surface area (Å²) < 4.78 is 0. The predicted octanol–water partition coefficient (Wildman–Crippen LogP) is 4.22. The summed E-state index contributed by atoms with van der Waals surface area (Å²) in [5.74, 6) is 0.535. The van der Waals surface area contributed by atoms with Gasteiger partial charge in [-0.2, -0.15) is 0 Å². The molecule has 0 bridgehead atoms. The molecule has 1 aliphatic carbocycles. The van der Waals surface area contributed by atoms with E-state index >= 15 is 0 Å². The highest BCUT2D eigenvalue weighted by Gasteiger charge is 2.16. The molecule has 1 saturated carbocycles. The molecule has 0 aromatic heterocycles. The maximum Gasteiger partial charge on any atom is 0.316 e. The number of primary amides is 1. The Kier molecular flexibility index (Phi) is 8.35. The van der Waals surface area contributed by atoms with E-state index in [0.29, 0.717) is 22.9 Å². The molecule has 1 fully saturated rings. The zero-order valence-corrected chi connectivity index (χ0v) is 18.2. The van der Waals surface area contributed by atoms with Gasteiger partial charge in [0.1, 0.15) is 0 Å². The van der Waals surface area contributed by atoms with Crippen molar-refractivity contribution in [3.05, 3.63) is 54.1 Å². The first-order chi connectivity index (χ1) is 15.0. The van der Waals surface area contributed by atoms with E-state index in [-0.39, 0.29) is 17.6 Å². The molecule has 4 amide bonds. The predicted molar refractivity (Wildman–Crippen MR) is 124 cm³/mol. The number of carbonyl (C=O) groups excluding carboxylic acids is 3. The van der Waals surface area contributed by atoms with Crippen LogP contribution >= 0.6 is 11.8 Å². The number of hydrogen-bond acceptors (Lipinski definition) is 4. The van der Waals surface area contributed by atoms with Crippen molar-refractivity contribution >= 4 is 41.0 Å². The molecular formula is C23H28N4O3S. The highest BCUT2D eigenvalue weighted by Crippen LogP contribution is 2.25. The van der Waals surface area contributed by atoms with Gasteiger partial charge in [0.25, 0.3) is 5.91 Å². The molecule has 1 aliphatic rings. The minimum absolute atomic E-state index is 0.0176. The van der Waals surface area contributed by atoms with Gasteiger partial charge in [0.05, 0.1) is 11.3 Å². The van der Waals surface area contributed by atoms with Crippen molar-refractivity contribution in [3.8, 4) is 0 Å². The molecule has 2 aromatic carbocycles. The van der Waals surface area contributed by atoms with Crippen LogP contribution < -0.4 is 21.7 Å². The summed E-state index contributed by atoms with van der Waals surface area (Å²) in [5, 5.41) is 8.33. The van der Waals surface area contributed by atoms with E-state index < -0.39 is 6.03 Å². The molecule has 0 saturated heterocycles. The third-order valence-electron chi connectivity index (χ3n) is 5.19. The van der Waals surface area contributed by atoms with E-state index in [1.807, 2.05) is 12.1 Å². The van der Waals surface area contributed by atoms with E-state index in [0.717, 1.165) is 11.4 Å². The number of anilines is 2. The normalized spacial score (nSPS) is 13.9. The first-order valence-electron chi connectivity index (χ1n) is 10.5. The highest BCUT2D eigenvalue weighted by molar-refractivity contribution is 8.00. The van der Waals surface area contributed by atoms with Crippen LogP contribution in [0.2, 0.25) is 0 Å². The average Bonchev–Trinajstić information content (AvgIpc) is 2.77. The summed E-state index contributed by atoms with van der Waals surface area (Å²) in [6, 6.07) is 13.2. The second-order valence-corrected chi connectivity index (χ2v) is 8.63. The first-order valence-corrected chi connectivity index (χ1v) is 11.5. The van der Waals surface area contributed by atoms with Crippen LogP contribution in [0.3, 0.4) is 0 Å². The summed E-state index contributed by atoms with van der Waals surface area (Å²) >= 11 is 1.35. The molecule has 0 atom stereocenters. The van der Waals surface area contributed by atoms with Crippen molar-refractivity contribution in [2.75, 3.05) is 22.9 Å². The van der Waals surface area contributed by atoms with Gasteiger partial charge in [0.15, 0.2) is 0 Å². The SMILES string of the molecule is NC(=O)Nc1cccc(NC(=O)c2ccccc2SCC(=O)NCC2CCCCC2)c1. The fourth-order valence-corrected chi connectivity index (χ4v) is 4.52. The third-order valence-corrected chi connectivity index (χ3v) is 6.26. The summed E-state index contributed by atoms with van der Waals surface area (Å²) in [7, 11) is 0. The number of benzene rings is 2. The van der Waals surface area contributed by atoms with Crippen molar-refractivity contribution in [2.24, 2.45) is 11.7 Å². The Hall–Kier alpha value is -3.00. The van der Waals surface area contributed by atoms with Crippen LogP contribution in [0, 0.1) is 5.92 Å². The van der Waals surface area contributed by atoms with E-state index in [2.05, 4.69) is 16.0 Å². The summed E-state index contributed by atoms with van der Waals surface area (Å²) in [6.07, 6.45) is 6.17. The molecule has 2 aromatic rings. The lowest BCUT2D eigenvalue weighted by molar-refractivity contribution is -0.118. The monoisotopic (exact) mass is 440 g/mol. The van der Waals surface area contributed by atoms with Crippen LogP contribution in [0.4, 0.5) is 16.2 Å². The highest BCUT2D eigenvalue weighted by atomic mass is 32.2. The Morgan fingerprint density at radius 2 is 1.65 bits per heavy atom. The molecular weight excluding hydrogens is 412 g/mol. The number of carbonyl (C=O) groups is 3. The summed E-state index contributed by atoms with van der Waals surface area (Å²) in [5.41, 5.74) is 6.64. The molecule has 0 radical (unpaired) electrons. The van der Waals surface area contributed by atoms with Crippen molar-refractivity contribution in [3.63, 3.8) is 0 Å². The van der Waals surface area contributed by atoms with Gasteiger partial charge in [-0.05, 0) is 49.1 Å². The van der Waals surface area contributed by atoms with Crippen LogP contribution in [0.5, 0.6) is 0 Å². The van der Waals surface area contributed by atoms with Gasteiger partial charge in [0.2, 0.25) is 5.91 Å². The molecule has 5 N–H and O–H groups in total. The maximum absolute atomic E-state index is 12.8. The Morgan fingerprint density at radius 3 is 2.39 bits per heavy atom. The molecule has 31 heavy (non-hydrogen) atoms. The van der Waals surface area contributed by atoms with Gasteiger partial charge in [-0.15, -0.1) is 11.8 Å².